The van der Waals surface area contributed by atoms with E-state index in [1.807, 2.05) is 56.3 Å². The van der Waals surface area contributed by atoms with Crippen LogP contribution in [0.5, 0.6) is 0 Å². The van der Waals surface area contributed by atoms with E-state index in [1.54, 1.807) is 24.3 Å². The lowest BCUT2D eigenvalue weighted by atomic mass is 9.76. The van der Waals surface area contributed by atoms with Gasteiger partial charge in [0.05, 0.1) is 23.4 Å². The van der Waals surface area contributed by atoms with Crippen LogP contribution in [-0.4, -0.2) is 23.9 Å². The zero-order valence-electron chi connectivity index (χ0n) is 16.1. The van der Waals surface area contributed by atoms with Crippen LogP contribution in [-0.2, 0) is 11.8 Å². The van der Waals surface area contributed by atoms with Gasteiger partial charge in [-0.3, -0.25) is 9.89 Å². The summed E-state index contributed by atoms with van der Waals surface area (Å²) < 4.78 is 1.39. The Bertz CT molecular complexity index is 1090. The third-order valence-corrected chi connectivity index (χ3v) is 4.86. The summed E-state index contributed by atoms with van der Waals surface area (Å²) >= 11 is 0. The molecular formula is C22H21N5O. The number of hydrogen-bond acceptors (Lipinski definition) is 4. The lowest BCUT2D eigenvalue weighted by molar-refractivity contribution is 0.816. The molecule has 0 unspecified atom stereocenters. The van der Waals surface area contributed by atoms with Gasteiger partial charge in [-0.25, -0.2) is 4.68 Å². The van der Waals surface area contributed by atoms with Crippen LogP contribution in [0.2, 0.25) is 0 Å². The zero-order chi connectivity index (χ0) is 20.3. The number of aryl methyl sites for hydroxylation is 1. The minimum atomic E-state index is -1.69. The number of H-pyrrole nitrogens is 1. The quantitative estimate of drug-likeness (QED) is 0.746. The van der Waals surface area contributed by atoms with Gasteiger partial charge in [0.2, 0.25) is 5.41 Å². The number of benzene rings is 2. The first-order valence-corrected chi connectivity index (χ1v) is 8.98. The van der Waals surface area contributed by atoms with Crippen molar-refractivity contribution in [1.29, 1.82) is 10.5 Å². The van der Waals surface area contributed by atoms with E-state index in [4.69, 9.17) is 0 Å². The molecule has 0 radical (unpaired) electrons. The van der Waals surface area contributed by atoms with E-state index in [1.165, 1.54) is 4.68 Å². The van der Waals surface area contributed by atoms with Gasteiger partial charge in [-0.05, 0) is 36.2 Å². The number of hydrogen-bond donors (Lipinski definition) is 1. The summed E-state index contributed by atoms with van der Waals surface area (Å²) in [7, 11) is 3.83. The molecule has 3 aromatic rings. The maximum absolute atomic E-state index is 13.3. The summed E-state index contributed by atoms with van der Waals surface area (Å²) in [5.41, 5.74) is 0.761. The van der Waals surface area contributed by atoms with Gasteiger partial charge in [-0.2, -0.15) is 10.5 Å². The molecule has 0 aliphatic rings. The molecule has 0 aliphatic carbocycles. The first-order valence-electron chi connectivity index (χ1n) is 8.98. The van der Waals surface area contributed by atoms with Crippen LogP contribution in [0.4, 0.5) is 5.69 Å². The number of nitrogens with one attached hydrogen (secondary N) is 1. The molecule has 140 valence electrons. The molecule has 2 aromatic carbocycles. The van der Waals surface area contributed by atoms with Gasteiger partial charge in [-0.15, -0.1) is 0 Å². The fourth-order valence-electron chi connectivity index (χ4n) is 3.30. The Morgan fingerprint density at radius 1 is 1.04 bits per heavy atom. The van der Waals surface area contributed by atoms with E-state index in [0.717, 1.165) is 5.69 Å². The van der Waals surface area contributed by atoms with Gasteiger partial charge in [0.25, 0.3) is 5.56 Å². The highest BCUT2D eigenvalue weighted by Gasteiger charge is 2.41. The molecule has 1 N–H and O–H groups in total. The summed E-state index contributed by atoms with van der Waals surface area (Å²) in [4.78, 5) is 15.2. The lowest BCUT2D eigenvalue weighted by Gasteiger charge is -2.20. The maximum atomic E-state index is 13.3. The third kappa shape index (κ3) is 2.95. The fourth-order valence-corrected chi connectivity index (χ4v) is 3.30. The predicted molar refractivity (Wildman–Crippen MR) is 109 cm³/mol. The first kappa shape index (κ1) is 19.0. The Morgan fingerprint density at radius 3 is 2.14 bits per heavy atom. The van der Waals surface area contributed by atoms with Crippen molar-refractivity contribution in [3.8, 4) is 17.8 Å². The Labute approximate surface area is 163 Å². The third-order valence-electron chi connectivity index (χ3n) is 4.86. The summed E-state index contributed by atoms with van der Waals surface area (Å²) in [6, 6.07) is 20.5. The molecule has 6 nitrogen and oxygen atoms in total. The van der Waals surface area contributed by atoms with Crippen LogP contribution in [0.25, 0.3) is 5.69 Å². The molecule has 0 spiro atoms. The molecule has 0 fully saturated rings. The van der Waals surface area contributed by atoms with Crippen molar-refractivity contribution in [2.75, 3.05) is 19.0 Å². The van der Waals surface area contributed by atoms with Crippen LogP contribution in [0.3, 0.4) is 0 Å². The van der Waals surface area contributed by atoms with Crippen LogP contribution < -0.4 is 10.5 Å². The Hall–Kier alpha value is -3.77. The van der Waals surface area contributed by atoms with Crippen LogP contribution in [0, 0.1) is 22.7 Å². The smallest absolute Gasteiger partial charge is 0.277 e. The molecule has 0 saturated carbocycles. The van der Waals surface area contributed by atoms with Gasteiger partial charge in [-0.1, -0.05) is 37.3 Å². The Balaban J connectivity index is 2.26. The number of nitrogens with zero attached hydrogens (tertiary/aromatic N) is 4. The van der Waals surface area contributed by atoms with Crippen molar-refractivity contribution < 1.29 is 0 Å². The van der Waals surface area contributed by atoms with E-state index >= 15 is 0 Å². The monoisotopic (exact) mass is 371 g/mol. The van der Waals surface area contributed by atoms with E-state index in [9.17, 15) is 15.3 Å². The molecular weight excluding hydrogens is 350 g/mol. The highest BCUT2D eigenvalue weighted by atomic mass is 16.1. The second-order valence-corrected chi connectivity index (χ2v) is 6.71. The highest BCUT2D eigenvalue weighted by Crippen LogP contribution is 2.33. The molecule has 28 heavy (non-hydrogen) atoms. The Kier molecular flexibility index (Phi) is 5.06. The van der Waals surface area contributed by atoms with Gasteiger partial charge in [0.1, 0.15) is 0 Å². The lowest BCUT2D eigenvalue weighted by Crippen LogP contribution is -2.32. The van der Waals surface area contributed by atoms with Crippen molar-refractivity contribution in [2.45, 2.75) is 18.8 Å². The Morgan fingerprint density at radius 2 is 1.64 bits per heavy atom. The van der Waals surface area contributed by atoms with Crippen molar-refractivity contribution in [2.24, 2.45) is 0 Å². The van der Waals surface area contributed by atoms with Crippen molar-refractivity contribution in [3.63, 3.8) is 0 Å². The minimum Gasteiger partial charge on any atom is -0.378 e. The minimum absolute atomic E-state index is 0.182. The summed E-state index contributed by atoms with van der Waals surface area (Å²) in [5.74, 6) is 0. The molecule has 6 heteroatoms. The molecule has 0 bridgehead atoms. The molecule has 3 rings (SSSR count). The SMILES string of the molecule is CCc1[nH]n(-c2ccccc2)c(=O)c1C(C#N)(C#N)c1ccc(N(C)C)cc1. The molecule has 0 aliphatic heterocycles. The number of para-hydroxylation sites is 1. The van der Waals surface area contributed by atoms with Crippen LogP contribution in [0.1, 0.15) is 23.7 Å². The average molecular weight is 371 g/mol. The van der Waals surface area contributed by atoms with Gasteiger partial charge in [0, 0.05) is 25.5 Å². The summed E-state index contributed by atoms with van der Waals surface area (Å²) in [6.45, 7) is 1.89. The topological polar surface area (TPSA) is 88.6 Å². The highest BCUT2D eigenvalue weighted by molar-refractivity contribution is 5.57. The first-order chi connectivity index (χ1) is 13.5. The van der Waals surface area contributed by atoms with Crippen molar-refractivity contribution in [3.05, 3.63) is 81.8 Å². The van der Waals surface area contributed by atoms with Gasteiger partial charge < -0.3 is 4.90 Å². The number of aromatic amines is 1. The van der Waals surface area contributed by atoms with E-state index < -0.39 is 5.41 Å². The molecule has 1 aromatic heterocycles. The number of anilines is 1. The van der Waals surface area contributed by atoms with Crippen molar-refractivity contribution in [1.82, 2.24) is 9.78 Å². The van der Waals surface area contributed by atoms with E-state index in [0.29, 0.717) is 23.4 Å². The summed E-state index contributed by atoms with van der Waals surface area (Å²) in [6.07, 6.45) is 0.491. The fraction of sp³-hybridized carbons (Fsp3) is 0.227. The molecule has 1 heterocycles. The standard InChI is InChI=1S/C22H21N5O/c1-4-19-20(21(28)27(25-19)18-8-6-5-7-9-18)22(14-23,15-24)16-10-12-17(13-11-16)26(2)3/h5-13,25H,4H2,1-3H3. The van der Waals surface area contributed by atoms with Crippen LogP contribution >= 0.6 is 0 Å². The predicted octanol–water partition coefficient (Wildman–Crippen LogP) is 3.13. The largest absolute Gasteiger partial charge is 0.378 e. The average Bonchev–Trinajstić information content (AvgIpc) is 3.07. The molecule has 0 saturated heterocycles. The number of rotatable bonds is 5. The van der Waals surface area contributed by atoms with Gasteiger partial charge in [0.15, 0.2) is 0 Å². The molecule has 0 atom stereocenters. The van der Waals surface area contributed by atoms with Crippen LogP contribution in [0.15, 0.2) is 59.4 Å². The van der Waals surface area contributed by atoms with E-state index in [2.05, 4.69) is 17.2 Å². The summed E-state index contributed by atoms with van der Waals surface area (Å²) in [5, 5.41) is 23.2. The van der Waals surface area contributed by atoms with E-state index in [-0.39, 0.29) is 11.1 Å². The normalized spacial score (nSPS) is 10.9. The van der Waals surface area contributed by atoms with Gasteiger partial charge >= 0.3 is 0 Å². The second kappa shape index (κ2) is 7.46. The number of nitriles is 2. The molecule has 0 amide bonds. The second-order valence-electron chi connectivity index (χ2n) is 6.71. The van der Waals surface area contributed by atoms with Crippen molar-refractivity contribution >= 4 is 5.69 Å². The zero-order valence-corrected chi connectivity index (χ0v) is 16.1. The number of aromatic nitrogens is 2. The maximum Gasteiger partial charge on any atom is 0.277 e.